The van der Waals surface area contributed by atoms with Gasteiger partial charge in [0.25, 0.3) is 0 Å². The molecule has 0 aliphatic carbocycles. The molecular weight excluding hydrogens is 297 g/mol. The van der Waals surface area contributed by atoms with Gasteiger partial charge >= 0.3 is 5.97 Å². The summed E-state index contributed by atoms with van der Waals surface area (Å²) in [5.41, 5.74) is 0. The molecule has 0 aliphatic heterocycles. The Labute approximate surface area is 133 Å². The minimum atomic E-state index is -0.866. The fourth-order valence-corrected chi connectivity index (χ4v) is 2.08. The standard InChI is InChI=1S/C18H30O4/c1-2-3-4-5-7-10-13-16(19)17(20)14-11-8-6-9-12-15-18(21)22/h3-4,7,10,17,20H,2,5-6,8-9,11-15H2,1H3,(H,21,22)/b4-3-,10-7-/i1+1,2+1,3+1,4+1,5+1,6+1,7+1,8+1,9+1,10+1,11+1,12+1,13+1,14+1,15+1,16+1,17+1. The van der Waals surface area contributed by atoms with E-state index in [0.29, 0.717) is 19.3 Å². The number of ketones is 1. The van der Waals surface area contributed by atoms with Gasteiger partial charge in [0.05, 0.1) is 0 Å². The lowest BCUT2D eigenvalue weighted by atomic mass is 10.9. The second kappa shape index (κ2) is 14.5. The highest BCUT2D eigenvalue weighted by Gasteiger charge is 2.12. The summed E-state index contributed by atoms with van der Waals surface area (Å²) in [4.78, 5) is 22.0. The summed E-state index contributed by atoms with van der Waals surface area (Å²) < 4.78 is 0. The number of hydrogen-bond acceptors (Lipinski definition) is 3. The number of aliphatic hydroxyl groups excluding tert-OH is 1. The number of carboxylic acid groups (broad SMARTS) is 1. The van der Waals surface area contributed by atoms with Crippen molar-refractivity contribution in [1.29, 1.82) is 0 Å². The maximum absolute atomic E-state index is 11.7. The van der Waals surface area contributed by atoms with Crippen LogP contribution in [0.1, 0.15) is 71.1 Å². The van der Waals surface area contributed by atoms with Gasteiger partial charge in [-0.1, -0.05) is 56.9 Å². The Bertz CT molecular complexity index is 358. The molecule has 1 unspecified atom stereocenters. The van der Waals surface area contributed by atoms with E-state index in [-0.39, 0.29) is 12.2 Å². The minimum absolute atomic E-state index is 0.124. The molecule has 0 bridgehead atoms. The third-order valence-corrected chi connectivity index (χ3v) is 3.40. The zero-order valence-electron chi connectivity index (χ0n) is 13.7. The molecule has 0 saturated heterocycles. The summed E-state index contributed by atoms with van der Waals surface area (Å²) in [6.07, 6.45) is 14.2. The molecule has 0 saturated carbocycles. The van der Waals surface area contributed by atoms with E-state index >= 15 is 0 Å². The van der Waals surface area contributed by atoms with E-state index in [4.69, 9.17) is 5.11 Å². The maximum Gasteiger partial charge on any atom is 0.303 e. The number of aliphatic hydroxyl groups is 1. The van der Waals surface area contributed by atoms with Crippen LogP contribution in [-0.4, -0.2) is 28.1 Å². The summed E-state index contributed by atoms with van der Waals surface area (Å²) >= 11 is 0. The first kappa shape index (κ1) is 20.6. The number of unbranched alkanes of at least 4 members (excludes halogenated alkanes) is 4. The molecule has 1 atom stereocenters. The molecule has 0 heterocycles. The minimum Gasteiger partial charge on any atom is -0.481 e. The van der Waals surface area contributed by atoms with E-state index in [1.165, 1.54) is 0 Å². The molecule has 0 rings (SSSR count). The Morgan fingerprint density at radius 1 is 0.955 bits per heavy atom. The summed E-state index contributed by atoms with van der Waals surface area (Å²) in [5.74, 6) is -0.874. The molecule has 0 radical (unpaired) electrons. The normalized spacial score (nSPS) is 13.0. The molecule has 0 aromatic carbocycles. The SMILES string of the molecule is [13CH3][13CH2]/[13CH]=[13CH]\[13CH2]/[13CH]=[13CH]\[13CH2][13C](=O)[13CH](O)[13CH2][13CH2][13CH2][13CH2][13CH2][13CH2][13CH2]C(=O)O. The number of allylic oxidation sites excluding steroid dienone is 4. The molecule has 0 amide bonds. The summed E-state index contributed by atoms with van der Waals surface area (Å²) in [5, 5.41) is 18.3. The highest BCUT2D eigenvalue weighted by atomic mass is 16.4. The summed E-state index contributed by atoms with van der Waals surface area (Å²) in [7, 11) is 0. The first-order chi connectivity index (χ1) is 10.6. The van der Waals surface area contributed by atoms with E-state index in [0.717, 1.165) is 38.5 Å². The molecule has 22 heavy (non-hydrogen) atoms. The molecule has 0 aromatic heterocycles. The van der Waals surface area contributed by atoms with Gasteiger partial charge in [-0.05, 0) is 25.7 Å². The lowest BCUT2D eigenvalue weighted by molar-refractivity contribution is -0.137. The van der Waals surface area contributed by atoms with Gasteiger partial charge in [0.1, 0.15) is 6.10 Å². The molecule has 0 spiro atoms. The predicted molar refractivity (Wildman–Crippen MR) is 88.8 cm³/mol. The van der Waals surface area contributed by atoms with Crippen molar-refractivity contribution in [1.82, 2.24) is 0 Å². The van der Waals surface area contributed by atoms with Crippen LogP contribution >= 0.6 is 0 Å². The van der Waals surface area contributed by atoms with Crippen LogP contribution < -0.4 is 0 Å². The predicted octanol–water partition coefficient (Wildman–Crippen LogP) is 4.03. The number of carboxylic acids is 1. The Morgan fingerprint density at radius 2 is 1.59 bits per heavy atom. The van der Waals surface area contributed by atoms with Gasteiger partial charge in [0.2, 0.25) is 0 Å². The van der Waals surface area contributed by atoms with Crippen molar-refractivity contribution in [3.05, 3.63) is 24.3 Å². The second-order valence-electron chi connectivity index (χ2n) is 5.47. The largest absolute Gasteiger partial charge is 0.481 e. The van der Waals surface area contributed by atoms with E-state index in [2.05, 4.69) is 19.1 Å². The molecule has 0 fully saturated rings. The first-order valence-corrected chi connectivity index (χ1v) is 8.30. The van der Waals surface area contributed by atoms with Crippen molar-refractivity contribution in [3.8, 4) is 0 Å². The number of carbonyl (C=O) groups is 2. The van der Waals surface area contributed by atoms with Crippen LogP contribution in [0.2, 0.25) is 0 Å². The van der Waals surface area contributed by atoms with Gasteiger partial charge in [-0.25, -0.2) is 0 Å². The Balaban J connectivity index is 3.57. The third-order valence-electron chi connectivity index (χ3n) is 3.40. The highest BCUT2D eigenvalue weighted by molar-refractivity contribution is 5.84. The van der Waals surface area contributed by atoms with Crippen molar-refractivity contribution in [3.63, 3.8) is 0 Å². The smallest absolute Gasteiger partial charge is 0.303 e. The Hall–Kier alpha value is -1.42. The molecule has 4 heteroatoms. The number of Topliss-reactive ketones (excluding diaryl/α,β-unsaturated/α-hetero) is 1. The average molecular weight is 327 g/mol. The van der Waals surface area contributed by atoms with Crippen LogP contribution in [0.25, 0.3) is 0 Å². The summed E-state index contributed by atoms with van der Waals surface area (Å²) in [6, 6.07) is 0. The van der Waals surface area contributed by atoms with Crippen LogP contribution in [0.5, 0.6) is 0 Å². The maximum atomic E-state index is 11.7. The van der Waals surface area contributed by atoms with Crippen LogP contribution in [0, 0.1) is 0 Å². The van der Waals surface area contributed by atoms with Gasteiger partial charge in [-0.15, -0.1) is 0 Å². The van der Waals surface area contributed by atoms with Crippen molar-refractivity contribution >= 4 is 11.8 Å². The van der Waals surface area contributed by atoms with Gasteiger partial charge in [-0.3, -0.25) is 9.59 Å². The van der Waals surface area contributed by atoms with Gasteiger partial charge in [0.15, 0.2) is 5.78 Å². The van der Waals surface area contributed by atoms with E-state index in [1.807, 2.05) is 12.2 Å². The first-order valence-electron chi connectivity index (χ1n) is 8.30. The fourth-order valence-electron chi connectivity index (χ4n) is 2.08. The van der Waals surface area contributed by atoms with Crippen LogP contribution in [0.4, 0.5) is 0 Å². The van der Waals surface area contributed by atoms with Crippen molar-refractivity contribution in [2.24, 2.45) is 0 Å². The number of carbonyl (C=O) groups excluding carboxylic acids is 1. The van der Waals surface area contributed by atoms with Gasteiger partial charge in [0, 0.05) is 12.8 Å². The monoisotopic (exact) mass is 327 g/mol. The van der Waals surface area contributed by atoms with Gasteiger partial charge in [-0.2, -0.15) is 0 Å². The molecule has 2 N–H and O–H groups in total. The lowest BCUT2D eigenvalue weighted by Crippen LogP contribution is -2.19. The third kappa shape index (κ3) is 13.6. The Kier molecular flexibility index (Phi) is 13.6. The molecule has 0 aliphatic rings. The van der Waals surface area contributed by atoms with Crippen LogP contribution in [-0.2, 0) is 9.59 Å². The quantitative estimate of drug-likeness (QED) is 0.287. The molecular formula is C18H30O4. The van der Waals surface area contributed by atoms with Crippen LogP contribution in [0.15, 0.2) is 24.3 Å². The topological polar surface area (TPSA) is 74.6 Å². The number of aliphatic carboxylic acids is 1. The number of rotatable bonds is 14. The van der Waals surface area contributed by atoms with E-state index < -0.39 is 12.1 Å². The van der Waals surface area contributed by atoms with Crippen LogP contribution in [0.3, 0.4) is 0 Å². The summed E-state index contributed by atoms with van der Waals surface area (Å²) in [6.45, 7) is 2.08. The zero-order valence-corrected chi connectivity index (χ0v) is 13.7. The van der Waals surface area contributed by atoms with Crippen molar-refractivity contribution < 1.29 is 19.8 Å². The molecule has 4 nitrogen and oxygen atoms in total. The molecule has 0 aromatic rings. The van der Waals surface area contributed by atoms with Crippen molar-refractivity contribution in [2.45, 2.75) is 77.2 Å². The number of hydrogen-bond donors (Lipinski definition) is 2. The molecule has 126 valence electrons. The lowest BCUT2D eigenvalue weighted by Gasteiger charge is -2.07. The van der Waals surface area contributed by atoms with E-state index in [1.54, 1.807) is 0 Å². The second-order valence-corrected chi connectivity index (χ2v) is 5.47. The zero-order chi connectivity index (χ0) is 16.6. The highest BCUT2D eigenvalue weighted by Crippen LogP contribution is 2.10. The Morgan fingerprint density at radius 3 is 2.27 bits per heavy atom. The fraction of sp³-hybridized carbons (Fsp3) is 0.667. The van der Waals surface area contributed by atoms with Gasteiger partial charge < -0.3 is 10.2 Å². The van der Waals surface area contributed by atoms with Crippen molar-refractivity contribution in [2.75, 3.05) is 0 Å². The average Bonchev–Trinajstić information content (AvgIpc) is 2.49. The van der Waals surface area contributed by atoms with E-state index in [9.17, 15) is 14.7 Å².